The number of nitrogens with zero attached hydrogens (tertiary/aromatic N) is 4. The van der Waals surface area contributed by atoms with Gasteiger partial charge in [-0.05, 0) is 41.9 Å². The van der Waals surface area contributed by atoms with Crippen molar-refractivity contribution in [3.8, 4) is 11.3 Å². The van der Waals surface area contributed by atoms with Crippen molar-refractivity contribution in [2.75, 3.05) is 38.1 Å². The topological polar surface area (TPSA) is 32.3 Å². The lowest BCUT2D eigenvalue weighted by Crippen LogP contribution is -2.44. The van der Waals surface area contributed by atoms with E-state index in [2.05, 4.69) is 101 Å². The van der Waals surface area contributed by atoms with Crippen LogP contribution in [0.5, 0.6) is 0 Å². The molecule has 0 N–H and O–H groups in total. The second-order valence-electron chi connectivity index (χ2n) is 8.01. The molecule has 0 bridgehead atoms. The quantitative estimate of drug-likeness (QED) is 0.629. The molecular weight excluding hydrogens is 368 g/mol. The number of likely N-dealkylation sites (N-methyl/N-ethyl adjacent to an activating group) is 1. The molecule has 4 nitrogen and oxygen atoms in total. The van der Waals surface area contributed by atoms with Crippen LogP contribution in [0.3, 0.4) is 0 Å². The van der Waals surface area contributed by atoms with Crippen molar-refractivity contribution < 1.29 is 0 Å². The first-order valence-corrected chi connectivity index (χ1v) is 10.6. The highest BCUT2D eigenvalue weighted by atomic mass is 15.3. The van der Waals surface area contributed by atoms with E-state index < -0.39 is 0 Å². The van der Waals surface area contributed by atoms with Gasteiger partial charge in [0, 0.05) is 37.3 Å². The molecule has 1 aliphatic carbocycles. The number of hydrogen-bond donors (Lipinski definition) is 0. The molecule has 0 spiro atoms. The van der Waals surface area contributed by atoms with Gasteiger partial charge in [-0.25, -0.2) is 0 Å². The first-order valence-electron chi connectivity index (χ1n) is 10.6. The van der Waals surface area contributed by atoms with Gasteiger partial charge in [0.2, 0.25) is 0 Å². The third-order valence-corrected chi connectivity index (χ3v) is 5.92. The monoisotopic (exact) mass is 394 g/mol. The molecule has 4 heteroatoms. The van der Waals surface area contributed by atoms with Crippen molar-refractivity contribution >= 4 is 22.2 Å². The zero-order valence-corrected chi connectivity index (χ0v) is 17.3. The van der Waals surface area contributed by atoms with Gasteiger partial charge < -0.3 is 9.80 Å². The highest BCUT2D eigenvalue weighted by Gasteiger charge is 2.19. The van der Waals surface area contributed by atoms with Crippen molar-refractivity contribution in [2.24, 2.45) is 0 Å². The highest BCUT2D eigenvalue weighted by Crippen LogP contribution is 2.32. The van der Waals surface area contributed by atoms with Gasteiger partial charge >= 0.3 is 0 Å². The Labute approximate surface area is 177 Å². The van der Waals surface area contributed by atoms with E-state index in [1.54, 1.807) is 0 Å². The van der Waals surface area contributed by atoms with Gasteiger partial charge in [0.15, 0.2) is 5.82 Å². The third kappa shape index (κ3) is 3.79. The van der Waals surface area contributed by atoms with Gasteiger partial charge in [-0.2, -0.15) is 0 Å². The molecule has 0 unspecified atom stereocenters. The summed E-state index contributed by atoms with van der Waals surface area (Å²) in [7, 11) is 2.17. The molecule has 1 aliphatic heterocycles. The van der Waals surface area contributed by atoms with Crippen molar-refractivity contribution in [1.29, 1.82) is 0 Å². The highest BCUT2D eigenvalue weighted by molar-refractivity contribution is 5.91. The van der Waals surface area contributed by atoms with Crippen molar-refractivity contribution in [2.45, 2.75) is 6.42 Å². The largest absolute Gasteiger partial charge is 0.353 e. The Hall–Kier alpha value is -3.24. The summed E-state index contributed by atoms with van der Waals surface area (Å²) < 4.78 is 0. The zero-order chi connectivity index (χ0) is 20.3. The number of rotatable bonds is 3. The Balaban J connectivity index is 1.62. The van der Waals surface area contributed by atoms with Gasteiger partial charge in [0.05, 0.1) is 0 Å². The number of benzene rings is 2. The molecule has 2 heterocycles. The summed E-state index contributed by atoms with van der Waals surface area (Å²) in [6.07, 6.45) is 11.9. The summed E-state index contributed by atoms with van der Waals surface area (Å²) in [6, 6.07) is 17.2. The Morgan fingerprint density at radius 3 is 2.53 bits per heavy atom. The average molecular weight is 395 g/mol. The first-order chi connectivity index (χ1) is 14.8. The van der Waals surface area contributed by atoms with Gasteiger partial charge in [0.1, 0.15) is 5.69 Å². The molecule has 2 aromatic carbocycles. The molecule has 1 aromatic heterocycles. The predicted molar refractivity (Wildman–Crippen MR) is 126 cm³/mol. The molecule has 5 rings (SSSR count). The van der Waals surface area contributed by atoms with Crippen molar-refractivity contribution in [3.05, 3.63) is 84.5 Å². The fourth-order valence-corrected chi connectivity index (χ4v) is 4.10. The van der Waals surface area contributed by atoms with Gasteiger partial charge in [-0.15, -0.1) is 10.2 Å². The van der Waals surface area contributed by atoms with E-state index in [0.29, 0.717) is 0 Å². The minimum atomic E-state index is 0.935. The average Bonchev–Trinajstić information content (AvgIpc) is 3.08. The van der Waals surface area contributed by atoms with Crippen LogP contribution < -0.4 is 4.90 Å². The molecule has 150 valence electrons. The Bertz CT molecular complexity index is 1150. The second kappa shape index (κ2) is 8.25. The standard InChI is InChI=1S/C26H26N4/c1-29-14-16-30(17-15-29)25-19-24(21-9-4-2-3-5-10-21)26(28-27-25)23-13-12-20-8-6-7-11-22(20)18-23/h2,4-13,18-19H,3,14-17H2,1H3. The van der Waals surface area contributed by atoms with E-state index in [4.69, 9.17) is 5.10 Å². The molecule has 1 fully saturated rings. The van der Waals surface area contributed by atoms with Crippen molar-refractivity contribution in [3.63, 3.8) is 0 Å². The molecular formula is C26H26N4. The van der Waals surface area contributed by atoms with Crippen LogP contribution in [0.15, 0.2) is 78.9 Å². The fraction of sp³-hybridized carbons (Fsp3) is 0.231. The summed E-state index contributed by atoms with van der Waals surface area (Å²) in [5.74, 6) is 0.963. The van der Waals surface area contributed by atoms with E-state index in [0.717, 1.165) is 55.2 Å². The minimum Gasteiger partial charge on any atom is -0.353 e. The van der Waals surface area contributed by atoms with Crippen molar-refractivity contribution in [1.82, 2.24) is 15.1 Å². The maximum Gasteiger partial charge on any atom is 0.151 e. The first kappa shape index (κ1) is 18.8. The molecule has 0 atom stereocenters. The lowest BCUT2D eigenvalue weighted by atomic mass is 9.97. The maximum atomic E-state index is 4.75. The molecule has 3 aromatic rings. The molecule has 30 heavy (non-hydrogen) atoms. The van der Waals surface area contributed by atoms with Crippen LogP contribution in [0.1, 0.15) is 12.0 Å². The number of aromatic nitrogens is 2. The van der Waals surface area contributed by atoms with Crippen LogP contribution in [0.2, 0.25) is 0 Å². The Morgan fingerprint density at radius 1 is 0.833 bits per heavy atom. The van der Waals surface area contributed by atoms with E-state index in [1.807, 2.05) is 0 Å². The van der Waals surface area contributed by atoms with Crippen LogP contribution >= 0.6 is 0 Å². The van der Waals surface area contributed by atoms with E-state index in [1.165, 1.54) is 16.3 Å². The summed E-state index contributed by atoms with van der Waals surface area (Å²) in [5.41, 5.74) is 4.35. The van der Waals surface area contributed by atoms with Gasteiger partial charge in [-0.3, -0.25) is 0 Å². The van der Waals surface area contributed by atoms with E-state index >= 15 is 0 Å². The zero-order valence-electron chi connectivity index (χ0n) is 17.3. The van der Waals surface area contributed by atoms with Crippen LogP contribution in [-0.2, 0) is 0 Å². The molecule has 0 amide bonds. The number of allylic oxidation sites excluding steroid dienone is 6. The van der Waals surface area contributed by atoms with Crippen LogP contribution in [0, 0.1) is 0 Å². The van der Waals surface area contributed by atoms with E-state index in [-0.39, 0.29) is 0 Å². The maximum absolute atomic E-state index is 4.75. The molecule has 0 radical (unpaired) electrons. The number of piperazine rings is 1. The summed E-state index contributed by atoms with van der Waals surface area (Å²) in [6.45, 7) is 4.06. The molecule has 2 aliphatic rings. The Kier molecular flexibility index (Phi) is 5.16. The van der Waals surface area contributed by atoms with Crippen LogP contribution in [0.25, 0.3) is 27.6 Å². The number of fused-ring (bicyclic) bond motifs is 1. The second-order valence-corrected chi connectivity index (χ2v) is 8.01. The van der Waals surface area contributed by atoms with Gasteiger partial charge in [0.25, 0.3) is 0 Å². The summed E-state index contributed by atoms with van der Waals surface area (Å²) >= 11 is 0. The lowest BCUT2D eigenvalue weighted by Gasteiger charge is -2.33. The fourth-order valence-electron chi connectivity index (χ4n) is 4.10. The number of hydrogen-bond acceptors (Lipinski definition) is 4. The minimum absolute atomic E-state index is 0.935. The third-order valence-electron chi connectivity index (χ3n) is 5.92. The predicted octanol–water partition coefficient (Wildman–Crippen LogP) is 4.95. The van der Waals surface area contributed by atoms with E-state index in [9.17, 15) is 0 Å². The molecule has 1 saturated heterocycles. The Morgan fingerprint density at radius 2 is 1.67 bits per heavy atom. The molecule has 0 saturated carbocycles. The lowest BCUT2D eigenvalue weighted by molar-refractivity contribution is 0.312. The number of anilines is 1. The van der Waals surface area contributed by atoms with Crippen LogP contribution in [0.4, 0.5) is 5.82 Å². The SMILES string of the molecule is CN1CCN(c2cc(C3=CC=CCC=C3)c(-c3ccc4ccccc4c3)nn2)CC1. The summed E-state index contributed by atoms with van der Waals surface area (Å²) in [4.78, 5) is 4.70. The van der Waals surface area contributed by atoms with Gasteiger partial charge in [-0.1, -0.05) is 66.8 Å². The summed E-state index contributed by atoms with van der Waals surface area (Å²) in [5, 5.41) is 11.9. The smallest absolute Gasteiger partial charge is 0.151 e. The normalized spacial score (nSPS) is 17.2. The van der Waals surface area contributed by atoms with Crippen LogP contribution in [-0.4, -0.2) is 48.3 Å².